The van der Waals surface area contributed by atoms with E-state index in [2.05, 4.69) is 38.4 Å². The first-order valence-electron chi connectivity index (χ1n) is 20.9. The molecule has 17 heteroatoms. The SMILES string of the molecule is O=C(CCCC1SCC2NC(=O)NC21)NCCOCCOCCOCCC(=O)OCc1ccnc2c(NC(=O)c3ccc(N4C(=O)C5C6C=CC(C6)C5C4=O)cc3)cccc12. The fourth-order valence-electron chi connectivity index (χ4n) is 8.96. The van der Waals surface area contributed by atoms with Crippen molar-refractivity contribution in [3.8, 4) is 0 Å². The lowest BCUT2D eigenvalue weighted by atomic mass is 9.85. The van der Waals surface area contributed by atoms with Crippen LogP contribution in [0.2, 0.25) is 0 Å². The van der Waals surface area contributed by atoms with Gasteiger partial charge in [-0.2, -0.15) is 11.8 Å². The Labute approximate surface area is 357 Å². The average Bonchev–Trinajstić information content (AvgIpc) is 4.09. The van der Waals surface area contributed by atoms with Crippen LogP contribution in [0.25, 0.3) is 10.9 Å². The molecule has 4 heterocycles. The Morgan fingerprint density at radius 2 is 1.56 bits per heavy atom. The number of hydrogen-bond acceptors (Lipinski definition) is 12. The number of anilines is 2. The van der Waals surface area contributed by atoms with Crippen molar-refractivity contribution in [2.24, 2.45) is 23.7 Å². The van der Waals surface area contributed by atoms with Crippen LogP contribution in [-0.4, -0.2) is 110 Å². The van der Waals surface area contributed by atoms with Gasteiger partial charge in [-0.1, -0.05) is 24.3 Å². The zero-order valence-electron chi connectivity index (χ0n) is 33.7. The van der Waals surface area contributed by atoms with Gasteiger partial charge in [-0.05, 0) is 67.5 Å². The molecule has 3 aromatic rings. The molecule has 3 aliphatic heterocycles. The van der Waals surface area contributed by atoms with E-state index >= 15 is 0 Å². The second-order valence-corrected chi connectivity index (χ2v) is 17.1. The molecule has 7 unspecified atom stereocenters. The van der Waals surface area contributed by atoms with Gasteiger partial charge >= 0.3 is 12.0 Å². The van der Waals surface area contributed by atoms with Gasteiger partial charge in [-0.15, -0.1) is 0 Å². The number of ether oxygens (including phenoxy) is 4. The number of rotatable bonds is 21. The zero-order chi connectivity index (χ0) is 42.3. The number of hydrogen-bond donors (Lipinski definition) is 4. The number of allylic oxidation sites excluding steroid dienone is 2. The van der Waals surface area contributed by atoms with Gasteiger partial charge in [-0.3, -0.25) is 33.9 Å². The van der Waals surface area contributed by atoms with Gasteiger partial charge < -0.3 is 40.2 Å². The number of thioether (sulfide) groups is 1. The first-order chi connectivity index (χ1) is 29.7. The van der Waals surface area contributed by atoms with Crippen molar-refractivity contribution in [1.82, 2.24) is 20.9 Å². The molecule has 1 saturated carbocycles. The van der Waals surface area contributed by atoms with Crippen molar-refractivity contribution in [2.45, 2.75) is 56.0 Å². The van der Waals surface area contributed by atoms with Gasteiger partial charge in [0.2, 0.25) is 17.7 Å². The molecule has 2 bridgehead atoms. The van der Waals surface area contributed by atoms with E-state index in [4.69, 9.17) is 18.9 Å². The van der Waals surface area contributed by atoms with Gasteiger partial charge in [0, 0.05) is 46.7 Å². The van der Waals surface area contributed by atoms with Crippen LogP contribution in [0.5, 0.6) is 0 Å². The number of carbonyl (C=O) groups excluding carboxylic acids is 6. The number of nitrogens with zero attached hydrogens (tertiary/aromatic N) is 2. The van der Waals surface area contributed by atoms with Crippen LogP contribution in [0.15, 0.2) is 66.9 Å². The van der Waals surface area contributed by atoms with E-state index < -0.39 is 5.97 Å². The smallest absolute Gasteiger partial charge is 0.315 e. The first kappa shape index (κ1) is 42.3. The molecule has 3 saturated heterocycles. The summed E-state index contributed by atoms with van der Waals surface area (Å²) in [5, 5.41) is 12.7. The van der Waals surface area contributed by atoms with Crippen molar-refractivity contribution < 1.29 is 47.7 Å². The van der Waals surface area contributed by atoms with E-state index in [0.717, 1.165) is 30.6 Å². The fourth-order valence-corrected chi connectivity index (χ4v) is 10.5. The minimum absolute atomic E-state index is 0.0111. The van der Waals surface area contributed by atoms with Crippen LogP contribution < -0.4 is 26.2 Å². The highest BCUT2D eigenvalue weighted by Crippen LogP contribution is 2.53. The third kappa shape index (κ3) is 9.75. The molecule has 6 amide bonds. The molecule has 0 spiro atoms. The van der Waals surface area contributed by atoms with Crippen molar-refractivity contribution in [3.63, 3.8) is 0 Å². The van der Waals surface area contributed by atoms with Crippen LogP contribution in [0, 0.1) is 23.7 Å². The maximum atomic E-state index is 13.3. The number of carbonyl (C=O) groups is 6. The number of urea groups is 1. The fraction of sp³-hybridized carbons (Fsp3) is 0.477. The maximum absolute atomic E-state index is 13.3. The first-order valence-corrected chi connectivity index (χ1v) is 22.0. The normalized spacial score (nSPS) is 24.5. The standard InChI is InChI=1S/C44H50N6O10S/c51-35(6-2-5-34-40-33(25-61-34)48-44(56)49-40)45-16-18-58-20-22-59-21-19-57-17-14-36(52)60-24-29-13-15-46-39-31(29)3-1-4-32(39)47-41(53)26-9-11-30(12-10-26)50-42(54)37-27-7-8-28(23-27)38(37)43(50)55/h1,3-4,7-13,15,27-28,33-34,37-38,40H,2,5-6,14,16-25H2,(H,45,51)(H,47,53)(H2,48,49,56). The predicted octanol–water partition coefficient (Wildman–Crippen LogP) is 3.73. The summed E-state index contributed by atoms with van der Waals surface area (Å²) in [6.07, 6.45) is 8.73. The Bertz CT molecular complexity index is 2140. The highest BCUT2D eigenvalue weighted by molar-refractivity contribution is 8.00. The lowest BCUT2D eigenvalue weighted by Crippen LogP contribution is -2.37. The number of imide groups is 1. The zero-order valence-corrected chi connectivity index (χ0v) is 34.5. The van der Waals surface area contributed by atoms with E-state index in [9.17, 15) is 28.8 Å². The molecular formula is C44H50N6O10S. The van der Waals surface area contributed by atoms with Crippen LogP contribution in [-0.2, 0) is 44.7 Å². The molecule has 7 atom stereocenters. The van der Waals surface area contributed by atoms with E-state index in [0.29, 0.717) is 79.1 Å². The summed E-state index contributed by atoms with van der Waals surface area (Å²) >= 11 is 1.84. The van der Waals surface area contributed by atoms with Gasteiger partial charge in [0.25, 0.3) is 5.91 Å². The molecule has 322 valence electrons. The van der Waals surface area contributed by atoms with E-state index in [1.165, 1.54) is 4.90 Å². The van der Waals surface area contributed by atoms with Gasteiger partial charge in [-0.25, -0.2) is 4.79 Å². The monoisotopic (exact) mass is 854 g/mol. The Hall–Kier alpha value is -5.36. The molecule has 5 aliphatic rings. The van der Waals surface area contributed by atoms with E-state index in [-0.39, 0.29) is 85.0 Å². The lowest BCUT2D eigenvalue weighted by Gasteiger charge is -2.17. The van der Waals surface area contributed by atoms with Crippen LogP contribution in [0.1, 0.15) is 48.0 Å². The summed E-state index contributed by atoms with van der Waals surface area (Å²) in [5.41, 5.74) is 2.54. The Morgan fingerprint density at radius 3 is 2.31 bits per heavy atom. The average molecular weight is 855 g/mol. The molecule has 61 heavy (non-hydrogen) atoms. The number of benzene rings is 2. The molecule has 4 fully saturated rings. The minimum atomic E-state index is -0.425. The number of fused-ring (bicyclic) bond motifs is 7. The third-order valence-electron chi connectivity index (χ3n) is 11.9. The topological polar surface area (TPSA) is 204 Å². The summed E-state index contributed by atoms with van der Waals surface area (Å²) in [6.45, 7) is 2.37. The summed E-state index contributed by atoms with van der Waals surface area (Å²) < 4.78 is 22.1. The van der Waals surface area contributed by atoms with Crippen LogP contribution in [0.4, 0.5) is 16.2 Å². The van der Waals surface area contributed by atoms with Crippen LogP contribution in [0.3, 0.4) is 0 Å². The third-order valence-corrected chi connectivity index (χ3v) is 13.5. The lowest BCUT2D eigenvalue weighted by molar-refractivity contribution is -0.146. The number of pyridine rings is 1. The number of aromatic nitrogens is 1. The Morgan fingerprint density at radius 1 is 0.836 bits per heavy atom. The van der Waals surface area contributed by atoms with Crippen LogP contribution >= 0.6 is 11.8 Å². The van der Waals surface area contributed by atoms with Gasteiger partial charge in [0.1, 0.15) is 6.61 Å². The molecule has 8 rings (SSSR count). The summed E-state index contributed by atoms with van der Waals surface area (Å²) in [4.78, 5) is 81.6. The van der Waals surface area contributed by atoms with Crippen molar-refractivity contribution in [1.29, 1.82) is 0 Å². The molecule has 4 N–H and O–H groups in total. The Kier molecular flexibility index (Phi) is 13.6. The number of esters is 1. The van der Waals surface area contributed by atoms with Crippen molar-refractivity contribution >= 4 is 69.7 Å². The maximum Gasteiger partial charge on any atom is 0.315 e. The predicted molar refractivity (Wildman–Crippen MR) is 226 cm³/mol. The largest absolute Gasteiger partial charge is 0.461 e. The summed E-state index contributed by atoms with van der Waals surface area (Å²) in [7, 11) is 0. The molecule has 2 aromatic carbocycles. The second-order valence-electron chi connectivity index (χ2n) is 15.8. The molecule has 2 aliphatic carbocycles. The molecular weight excluding hydrogens is 805 g/mol. The quantitative estimate of drug-likeness (QED) is 0.0398. The van der Waals surface area contributed by atoms with Crippen molar-refractivity contribution in [2.75, 3.05) is 62.2 Å². The number of para-hydroxylation sites is 1. The molecule has 0 radical (unpaired) electrons. The van der Waals surface area contributed by atoms with Gasteiger partial charge in [0.05, 0.1) is 86.9 Å². The summed E-state index contributed by atoms with van der Waals surface area (Å²) in [5.74, 6) is -0.593. The number of nitrogens with one attached hydrogen (secondary N) is 4. The Balaban J connectivity index is 0.674. The highest BCUT2D eigenvalue weighted by atomic mass is 32.2. The number of amides is 6. The van der Waals surface area contributed by atoms with Crippen molar-refractivity contribution in [3.05, 3.63) is 78.0 Å². The minimum Gasteiger partial charge on any atom is -0.461 e. The summed E-state index contributed by atoms with van der Waals surface area (Å²) in [6, 6.07) is 13.8. The van der Waals surface area contributed by atoms with Gasteiger partial charge in [0.15, 0.2) is 0 Å². The molecule has 16 nitrogen and oxygen atoms in total. The van der Waals surface area contributed by atoms with E-state index in [1.54, 1.807) is 48.7 Å². The highest BCUT2D eigenvalue weighted by Gasteiger charge is 2.59. The van der Waals surface area contributed by atoms with E-state index in [1.807, 2.05) is 17.8 Å². The second kappa shape index (κ2) is 19.6. The molecule has 1 aromatic heterocycles.